The van der Waals surface area contributed by atoms with Crippen LogP contribution in [0.15, 0.2) is 24.3 Å². The number of carbonyl (C=O) groups is 1. The quantitative estimate of drug-likeness (QED) is 0.924. The summed E-state index contributed by atoms with van der Waals surface area (Å²) < 4.78 is 5.27. The van der Waals surface area contributed by atoms with Gasteiger partial charge in [0.15, 0.2) is 5.82 Å². The first kappa shape index (κ1) is 13.8. The van der Waals surface area contributed by atoms with Gasteiger partial charge in [0.1, 0.15) is 0 Å². The van der Waals surface area contributed by atoms with Gasteiger partial charge in [0.25, 0.3) is 0 Å². The fourth-order valence-corrected chi connectivity index (χ4v) is 2.33. The highest BCUT2D eigenvalue weighted by atomic mass is 35.5. The topological polar surface area (TPSA) is 80.5 Å². The molecular weight excluding hydrogens is 296 g/mol. The smallest absolute Gasteiger partial charge is 0.360 e. The number of carboxylic acid groups (broad SMARTS) is 1. The number of hydrogen-bond acceptors (Lipinski definition) is 5. The Morgan fingerprint density at radius 3 is 2.71 bits per heavy atom. The summed E-state index contributed by atoms with van der Waals surface area (Å²) in [5.41, 5.74) is 0.543. The largest absolute Gasteiger partial charge is 0.476 e. The van der Waals surface area contributed by atoms with Crippen LogP contribution in [0.5, 0.6) is 0 Å². The number of ether oxygens (including phenoxy) is 1. The van der Waals surface area contributed by atoms with Crippen molar-refractivity contribution in [2.45, 2.75) is 0 Å². The van der Waals surface area contributed by atoms with E-state index in [0.717, 1.165) is 0 Å². The van der Waals surface area contributed by atoms with Crippen LogP contribution in [0.4, 0.5) is 5.82 Å². The number of aromatic nitrogens is 3. The molecule has 2 aromatic rings. The summed E-state index contributed by atoms with van der Waals surface area (Å²) in [5, 5.41) is 18.2. The minimum atomic E-state index is -1.11. The van der Waals surface area contributed by atoms with Crippen LogP contribution in [0.1, 0.15) is 10.5 Å². The Morgan fingerprint density at radius 1 is 1.29 bits per heavy atom. The number of benzene rings is 1. The van der Waals surface area contributed by atoms with Gasteiger partial charge >= 0.3 is 5.97 Å². The second-order valence-corrected chi connectivity index (χ2v) is 4.98. The van der Waals surface area contributed by atoms with E-state index in [1.54, 1.807) is 24.3 Å². The average molecular weight is 309 g/mol. The first-order valence-corrected chi connectivity index (χ1v) is 6.82. The number of morpholine rings is 1. The van der Waals surface area contributed by atoms with Gasteiger partial charge in [-0.1, -0.05) is 17.7 Å². The Hall–Kier alpha value is -2.12. The molecule has 0 unspecified atom stereocenters. The van der Waals surface area contributed by atoms with Crippen molar-refractivity contribution in [3.63, 3.8) is 0 Å². The maximum absolute atomic E-state index is 11.4. The Balaban J connectivity index is 2.01. The fraction of sp³-hybridized carbons (Fsp3) is 0.308. The predicted molar refractivity (Wildman–Crippen MR) is 76.4 cm³/mol. The number of nitrogens with zero attached hydrogens (tertiary/aromatic N) is 4. The van der Waals surface area contributed by atoms with Crippen molar-refractivity contribution < 1.29 is 14.6 Å². The van der Waals surface area contributed by atoms with Gasteiger partial charge in [-0.05, 0) is 18.2 Å². The van der Waals surface area contributed by atoms with Crippen molar-refractivity contribution in [1.29, 1.82) is 0 Å². The lowest BCUT2D eigenvalue weighted by Crippen LogP contribution is -2.37. The van der Waals surface area contributed by atoms with Gasteiger partial charge in [-0.15, -0.1) is 15.0 Å². The molecule has 1 aromatic heterocycles. The van der Waals surface area contributed by atoms with E-state index in [1.165, 1.54) is 4.80 Å². The van der Waals surface area contributed by atoms with Gasteiger partial charge in [0.2, 0.25) is 5.69 Å². The van der Waals surface area contributed by atoms with Crippen LogP contribution in [0, 0.1) is 0 Å². The molecule has 110 valence electrons. The maximum atomic E-state index is 11.4. The third-order valence-corrected chi connectivity index (χ3v) is 3.38. The molecule has 0 aliphatic carbocycles. The van der Waals surface area contributed by atoms with Crippen molar-refractivity contribution >= 4 is 23.4 Å². The number of aromatic carboxylic acids is 1. The van der Waals surface area contributed by atoms with E-state index in [9.17, 15) is 9.90 Å². The number of rotatable bonds is 3. The third kappa shape index (κ3) is 2.84. The maximum Gasteiger partial charge on any atom is 0.360 e. The Labute approximate surface area is 125 Å². The monoisotopic (exact) mass is 308 g/mol. The van der Waals surface area contributed by atoms with E-state index < -0.39 is 5.97 Å². The number of hydrogen-bond donors (Lipinski definition) is 1. The molecule has 1 aromatic carbocycles. The first-order chi connectivity index (χ1) is 10.1. The second-order valence-electron chi connectivity index (χ2n) is 4.55. The highest BCUT2D eigenvalue weighted by molar-refractivity contribution is 6.30. The van der Waals surface area contributed by atoms with Crippen LogP contribution in [-0.4, -0.2) is 52.4 Å². The normalized spacial score (nSPS) is 15.2. The molecule has 0 amide bonds. The van der Waals surface area contributed by atoms with Gasteiger partial charge in [-0.3, -0.25) is 0 Å². The number of anilines is 1. The minimum absolute atomic E-state index is 0.0723. The molecule has 7 nitrogen and oxygen atoms in total. The van der Waals surface area contributed by atoms with E-state index in [-0.39, 0.29) is 5.69 Å². The SMILES string of the molecule is O=C(O)c1nn(-c2cccc(Cl)c2)nc1N1CCOCC1. The molecular formula is C13H13ClN4O3. The van der Waals surface area contributed by atoms with Crippen molar-refractivity contribution in [2.75, 3.05) is 31.2 Å². The first-order valence-electron chi connectivity index (χ1n) is 6.44. The summed E-state index contributed by atoms with van der Waals surface area (Å²) in [6.45, 7) is 2.27. The predicted octanol–water partition coefficient (Wildman–Crippen LogP) is 1.46. The van der Waals surface area contributed by atoms with Crippen LogP contribution >= 0.6 is 11.6 Å². The number of halogens is 1. The molecule has 1 fully saturated rings. The zero-order valence-electron chi connectivity index (χ0n) is 11.1. The lowest BCUT2D eigenvalue weighted by molar-refractivity contribution is 0.0689. The van der Waals surface area contributed by atoms with E-state index in [0.29, 0.717) is 42.8 Å². The summed E-state index contributed by atoms with van der Waals surface area (Å²) >= 11 is 5.94. The van der Waals surface area contributed by atoms with E-state index >= 15 is 0 Å². The molecule has 1 aliphatic heterocycles. The summed E-state index contributed by atoms with van der Waals surface area (Å²) in [6, 6.07) is 6.93. The fourth-order valence-electron chi connectivity index (χ4n) is 2.14. The molecule has 3 rings (SSSR count). The second kappa shape index (κ2) is 5.71. The van der Waals surface area contributed by atoms with Gasteiger partial charge in [-0.25, -0.2) is 4.79 Å². The molecule has 0 radical (unpaired) electrons. The molecule has 0 spiro atoms. The average Bonchev–Trinajstić information content (AvgIpc) is 2.93. The highest BCUT2D eigenvalue weighted by Crippen LogP contribution is 2.20. The minimum Gasteiger partial charge on any atom is -0.476 e. The molecule has 21 heavy (non-hydrogen) atoms. The van der Waals surface area contributed by atoms with Gasteiger partial charge in [0.05, 0.1) is 18.9 Å². The lowest BCUT2D eigenvalue weighted by atomic mass is 10.3. The van der Waals surface area contributed by atoms with Crippen LogP contribution < -0.4 is 4.90 Å². The molecule has 1 aliphatic rings. The zero-order valence-corrected chi connectivity index (χ0v) is 11.8. The lowest BCUT2D eigenvalue weighted by Gasteiger charge is -2.26. The zero-order chi connectivity index (χ0) is 14.8. The Kier molecular flexibility index (Phi) is 3.76. The highest BCUT2D eigenvalue weighted by Gasteiger charge is 2.24. The Morgan fingerprint density at radius 2 is 2.05 bits per heavy atom. The van der Waals surface area contributed by atoms with Gasteiger partial charge < -0.3 is 14.7 Å². The molecule has 1 saturated heterocycles. The van der Waals surface area contributed by atoms with E-state index in [4.69, 9.17) is 16.3 Å². The van der Waals surface area contributed by atoms with E-state index in [2.05, 4.69) is 10.2 Å². The molecule has 1 N–H and O–H groups in total. The third-order valence-electron chi connectivity index (χ3n) is 3.15. The molecule has 8 heteroatoms. The summed E-state index contributed by atoms with van der Waals surface area (Å²) in [5.74, 6) is -0.754. The summed E-state index contributed by atoms with van der Waals surface area (Å²) in [4.78, 5) is 14.5. The van der Waals surface area contributed by atoms with Crippen LogP contribution in [0.3, 0.4) is 0 Å². The summed E-state index contributed by atoms with van der Waals surface area (Å²) in [7, 11) is 0. The molecule has 0 atom stereocenters. The number of carboxylic acids is 1. The van der Waals surface area contributed by atoms with E-state index in [1.807, 2.05) is 4.90 Å². The van der Waals surface area contributed by atoms with Crippen molar-refractivity contribution in [3.8, 4) is 5.69 Å². The summed E-state index contributed by atoms with van der Waals surface area (Å²) in [6.07, 6.45) is 0. The Bertz CT molecular complexity index is 667. The van der Waals surface area contributed by atoms with Crippen LogP contribution in [-0.2, 0) is 4.74 Å². The van der Waals surface area contributed by atoms with Crippen molar-refractivity contribution in [1.82, 2.24) is 15.0 Å². The molecule has 2 heterocycles. The van der Waals surface area contributed by atoms with Gasteiger partial charge in [-0.2, -0.15) is 0 Å². The molecule has 0 saturated carbocycles. The molecule has 0 bridgehead atoms. The van der Waals surface area contributed by atoms with Crippen LogP contribution in [0.2, 0.25) is 5.02 Å². The van der Waals surface area contributed by atoms with Crippen LogP contribution in [0.25, 0.3) is 5.69 Å². The van der Waals surface area contributed by atoms with Crippen molar-refractivity contribution in [3.05, 3.63) is 35.0 Å². The van der Waals surface area contributed by atoms with Gasteiger partial charge in [0, 0.05) is 18.1 Å². The van der Waals surface area contributed by atoms with Crippen molar-refractivity contribution in [2.24, 2.45) is 0 Å². The standard InChI is InChI=1S/C13H13ClN4O3/c14-9-2-1-3-10(8-9)18-15-11(13(19)20)12(16-18)17-4-6-21-7-5-17/h1-3,8H,4-7H2,(H,19,20).